The number of aryl methyl sites for hydroxylation is 2. The van der Waals surface area contributed by atoms with Gasteiger partial charge in [-0.1, -0.05) is 29.3 Å². The summed E-state index contributed by atoms with van der Waals surface area (Å²) in [7, 11) is 3.12. The molecular weight excluding hydrogens is 504 g/mol. The van der Waals surface area contributed by atoms with Crippen LogP contribution < -0.4 is 14.2 Å². The predicted octanol–water partition coefficient (Wildman–Crippen LogP) is 7.20. The highest BCUT2D eigenvalue weighted by Crippen LogP contribution is 2.33. The number of rotatable bonds is 8. The number of methoxy groups -OCH3 is 2. The van der Waals surface area contributed by atoms with E-state index < -0.39 is 11.7 Å². The predicted molar refractivity (Wildman–Crippen MR) is 129 cm³/mol. The molecule has 0 saturated carbocycles. The van der Waals surface area contributed by atoms with Crippen molar-refractivity contribution in [2.24, 2.45) is 0 Å². The van der Waals surface area contributed by atoms with E-state index in [-0.39, 0.29) is 12.1 Å². The highest BCUT2D eigenvalue weighted by atomic mass is 35.5. The van der Waals surface area contributed by atoms with Gasteiger partial charge in [-0.05, 0) is 60.5 Å². The van der Waals surface area contributed by atoms with Gasteiger partial charge in [-0.15, -0.1) is 0 Å². The molecule has 0 fully saturated rings. The molecule has 5 nitrogen and oxygen atoms in total. The second-order valence-corrected chi connectivity index (χ2v) is 8.53. The Kier molecular flexibility index (Phi) is 7.33. The van der Waals surface area contributed by atoms with E-state index in [0.717, 1.165) is 17.7 Å². The van der Waals surface area contributed by atoms with Crippen molar-refractivity contribution in [3.8, 4) is 17.2 Å². The fourth-order valence-electron chi connectivity index (χ4n) is 3.73. The molecule has 0 atom stereocenters. The lowest BCUT2D eigenvalue weighted by Crippen LogP contribution is -2.09. The first-order valence-electron chi connectivity index (χ1n) is 10.5. The molecule has 0 saturated heterocycles. The SMILES string of the molecule is COc1ccc(CCn2c(COc3ccc(Cl)cc3Cl)nc3cc(C(F)(F)F)ccc32)cc1OC. The topological polar surface area (TPSA) is 45.5 Å². The quantitative estimate of drug-likeness (QED) is 0.244. The van der Waals surface area contributed by atoms with Gasteiger partial charge in [-0.2, -0.15) is 13.2 Å². The summed E-state index contributed by atoms with van der Waals surface area (Å²) in [6, 6.07) is 13.9. The average Bonchev–Trinajstić information content (AvgIpc) is 3.18. The maximum Gasteiger partial charge on any atom is 0.416 e. The van der Waals surface area contributed by atoms with Crippen molar-refractivity contribution < 1.29 is 27.4 Å². The average molecular weight is 525 g/mol. The molecule has 4 aromatic rings. The fourth-order valence-corrected chi connectivity index (χ4v) is 4.19. The standard InChI is InChI=1S/C25H21Cl2F3N2O3/c1-33-22-7-3-15(11-23(22)34-2)9-10-32-20-6-4-16(25(28,29)30)12-19(20)31-24(32)14-35-21-8-5-17(26)13-18(21)27/h3-8,11-13H,9-10,14H2,1-2H3. The lowest BCUT2D eigenvalue weighted by atomic mass is 10.1. The Labute approximate surface area is 209 Å². The third kappa shape index (κ3) is 5.60. The summed E-state index contributed by atoms with van der Waals surface area (Å²) < 4.78 is 58.1. The van der Waals surface area contributed by atoms with Crippen molar-refractivity contribution in [2.45, 2.75) is 25.7 Å². The van der Waals surface area contributed by atoms with Gasteiger partial charge in [-0.25, -0.2) is 4.98 Å². The Balaban J connectivity index is 1.66. The Bertz CT molecular complexity index is 1360. The summed E-state index contributed by atoms with van der Waals surface area (Å²) >= 11 is 12.1. The second kappa shape index (κ2) is 10.3. The minimum absolute atomic E-state index is 0.00329. The molecule has 0 bridgehead atoms. The minimum Gasteiger partial charge on any atom is -0.493 e. The zero-order valence-corrected chi connectivity index (χ0v) is 20.3. The van der Waals surface area contributed by atoms with Crippen LogP contribution >= 0.6 is 23.2 Å². The maximum atomic E-state index is 13.3. The molecule has 0 spiro atoms. The van der Waals surface area contributed by atoms with Gasteiger partial charge >= 0.3 is 6.18 Å². The lowest BCUT2D eigenvalue weighted by Gasteiger charge is -2.13. The van der Waals surface area contributed by atoms with E-state index in [2.05, 4.69) is 4.98 Å². The molecule has 0 N–H and O–H groups in total. The third-order valence-electron chi connectivity index (χ3n) is 5.48. The molecule has 0 aliphatic carbocycles. The molecule has 3 aromatic carbocycles. The number of benzene rings is 3. The largest absolute Gasteiger partial charge is 0.493 e. The van der Waals surface area contributed by atoms with Crippen molar-refractivity contribution in [2.75, 3.05) is 14.2 Å². The van der Waals surface area contributed by atoms with Gasteiger partial charge in [-0.3, -0.25) is 0 Å². The molecule has 0 amide bonds. The molecule has 1 aromatic heterocycles. The molecule has 0 aliphatic rings. The van der Waals surface area contributed by atoms with Crippen molar-refractivity contribution >= 4 is 34.2 Å². The lowest BCUT2D eigenvalue weighted by molar-refractivity contribution is -0.137. The van der Waals surface area contributed by atoms with E-state index in [1.165, 1.54) is 6.07 Å². The smallest absolute Gasteiger partial charge is 0.416 e. The molecule has 10 heteroatoms. The van der Waals surface area contributed by atoms with Gasteiger partial charge < -0.3 is 18.8 Å². The first-order chi connectivity index (χ1) is 16.7. The van der Waals surface area contributed by atoms with E-state index in [1.54, 1.807) is 32.4 Å². The number of aromatic nitrogens is 2. The van der Waals surface area contributed by atoms with Crippen LogP contribution in [-0.4, -0.2) is 23.8 Å². The van der Waals surface area contributed by atoms with Crippen LogP contribution in [0, 0.1) is 0 Å². The van der Waals surface area contributed by atoms with E-state index in [1.807, 2.05) is 22.8 Å². The van der Waals surface area contributed by atoms with Gasteiger partial charge in [0.15, 0.2) is 11.5 Å². The highest BCUT2D eigenvalue weighted by Gasteiger charge is 2.31. The number of hydrogen-bond donors (Lipinski definition) is 0. The summed E-state index contributed by atoms with van der Waals surface area (Å²) in [6.07, 6.45) is -3.90. The van der Waals surface area contributed by atoms with Gasteiger partial charge in [0.2, 0.25) is 0 Å². The molecule has 0 aliphatic heterocycles. The van der Waals surface area contributed by atoms with Gasteiger partial charge in [0.25, 0.3) is 0 Å². The van der Waals surface area contributed by atoms with Crippen molar-refractivity contribution in [1.29, 1.82) is 0 Å². The summed E-state index contributed by atoms with van der Waals surface area (Å²) in [6.45, 7) is 0.452. The fraction of sp³-hybridized carbons (Fsp3) is 0.240. The van der Waals surface area contributed by atoms with Crippen LogP contribution in [0.25, 0.3) is 11.0 Å². The van der Waals surface area contributed by atoms with Crippen LogP contribution in [0.5, 0.6) is 17.2 Å². The Morgan fingerprint density at radius 3 is 2.31 bits per heavy atom. The molecule has 35 heavy (non-hydrogen) atoms. The highest BCUT2D eigenvalue weighted by molar-refractivity contribution is 6.35. The molecule has 1 heterocycles. The summed E-state index contributed by atoms with van der Waals surface area (Å²) in [5.74, 6) is 2.06. The van der Waals surface area contributed by atoms with Gasteiger partial charge in [0, 0.05) is 11.6 Å². The van der Waals surface area contributed by atoms with Crippen LogP contribution in [0.15, 0.2) is 54.6 Å². The van der Waals surface area contributed by atoms with Crippen molar-refractivity contribution in [3.05, 3.63) is 81.6 Å². The number of hydrogen-bond acceptors (Lipinski definition) is 4. The number of ether oxygens (including phenoxy) is 3. The summed E-state index contributed by atoms with van der Waals surface area (Å²) in [4.78, 5) is 4.45. The molecule has 0 radical (unpaired) electrons. The second-order valence-electron chi connectivity index (χ2n) is 7.68. The number of alkyl halides is 3. The number of nitrogens with zero attached hydrogens (tertiary/aromatic N) is 2. The minimum atomic E-state index is -4.47. The maximum absolute atomic E-state index is 13.3. The number of fused-ring (bicyclic) bond motifs is 1. The van der Waals surface area contributed by atoms with Crippen LogP contribution in [0.1, 0.15) is 17.0 Å². The zero-order valence-electron chi connectivity index (χ0n) is 18.8. The zero-order chi connectivity index (χ0) is 25.2. The van der Waals surface area contributed by atoms with Crippen molar-refractivity contribution in [1.82, 2.24) is 9.55 Å². The Morgan fingerprint density at radius 1 is 0.886 bits per heavy atom. The van der Waals surface area contributed by atoms with Crippen molar-refractivity contribution in [3.63, 3.8) is 0 Å². The molecular formula is C25H21Cl2F3N2O3. The monoisotopic (exact) mass is 524 g/mol. The van der Waals surface area contributed by atoms with Crippen LogP contribution in [0.3, 0.4) is 0 Å². The molecule has 0 unspecified atom stereocenters. The first kappa shape index (κ1) is 25.0. The number of imidazole rings is 1. The van der Waals surface area contributed by atoms with Crippen LogP contribution in [0.4, 0.5) is 13.2 Å². The summed E-state index contributed by atoms with van der Waals surface area (Å²) in [5.41, 5.74) is 0.999. The third-order valence-corrected chi connectivity index (χ3v) is 6.01. The molecule has 4 rings (SSSR count). The molecule has 184 valence electrons. The van der Waals surface area contributed by atoms with Gasteiger partial charge in [0.1, 0.15) is 18.2 Å². The normalized spacial score (nSPS) is 11.6. The van der Waals surface area contributed by atoms with E-state index >= 15 is 0 Å². The Morgan fingerprint density at radius 2 is 1.63 bits per heavy atom. The van der Waals surface area contributed by atoms with E-state index in [0.29, 0.717) is 51.6 Å². The number of halogens is 5. The van der Waals surface area contributed by atoms with Crippen LogP contribution in [0.2, 0.25) is 10.0 Å². The van der Waals surface area contributed by atoms with Crippen LogP contribution in [-0.2, 0) is 25.7 Å². The van der Waals surface area contributed by atoms with E-state index in [9.17, 15) is 13.2 Å². The van der Waals surface area contributed by atoms with E-state index in [4.69, 9.17) is 37.4 Å². The summed E-state index contributed by atoms with van der Waals surface area (Å²) in [5, 5.41) is 0.786. The Hall–Kier alpha value is -3.10. The first-order valence-corrected chi connectivity index (χ1v) is 11.3. The van der Waals surface area contributed by atoms with Gasteiger partial charge in [0.05, 0.1) is 35.8 Å².